The molecule has 0 aliphatic carbocycles. The predicted molar refractivity (Wildman–Crippen MR) is 30.3 cm³/mol. The van der Waals surface area contributed by atoms with Gasteiger partial charge in [0, 0.05) is 0 Å². The fourth-order valence-corrected chi connectivity index (χ4v) is 0.366. The molecule has 2 N–H and O–H groups in total. The maximum absolute atomic E-state index is 10.4. The lowest BCUT2D eigenvalue weighted by atomic mass is 10.4. The summed E-state index contributed by atoms with van der Waals surface area (Å²) >= 11 is 0. The minimum absolute atomic E-state index is 0.729. The minimum atomic E-state index is -1.80. The van der Waals surface area contributed by atoms with Crippen molar-refractivity contribution in [3.8, 4) is 0 Å². The summed E-state index contributed by atoms with van der Waals surface area (Å²) in [6.45, 7) is -0.762. The summed E-state index contributed by atoms with van der Waals surface area (Å²) in [6.07, 6.45) is -2.53. The molecule has 11 heavy (non-hydrogen) atoms. The highest BCUT2D eigenvalue weighted by Gasteiger charge is 2.12. The summed E-state index contributed by atoms with van der Waals surface area (Å²) in [5.41, 5.74) is 0. The molecule has 6 nitrogen and oxygen atoms in total. The van der Waals surface area contributed by atoms with Gasteiger partial charge in [-0.05, 0) is 0 Å². The lowest BCUT2D eigenvalue weighted by Crippen LogP contribution is -2.19. The Hall–Kier alpha value is -1.14. The molecule has 0 spiro atoms. The van der Waals surface area contributed by atoms with Crippen LogP contribution in [0.1, 0.15) is 6.42 Å². The molecule has 0 heterocycles. The average molecular weight is 163 g/mol. The van der Waals surface area contributed by atoms with E-state index in [0.29, 0.717) is 0 Å². The minimum Gasteiger partial charge on any atom is -0.481 e. The predicted octanol–water partition coefficient (Wildman–Crippen LogP) is -0.681. The highest BCUT2D eigenvalue weighted by molar-refractivity contribution is 5.68. The topological polar surface area (TPSA) is 104 Å². The van der Waals surface area contributed by atoms with Crippen LogP contribution in [0.25, 0.3) is 0 Å². The fraction of sp³-hybridized carbons (Fsp3) is 0.600. The summed E-state index contributed by atoms with van der Waals surface area (Å²) in [5, 5.41) is 26.4. The summed E-state index contributed by atoms with van der Waals surface area (Å²) in [5.74, 6) is -2.60. The number of hydrogen-bond donors (Lipinski definition) is 2. The van der Waals surface area contributed by atoms with Crippen LogP contribution in [0, 0.1) is 0 Å². The second-order valence-electron chi connectivity index (χ2n) is 1.73. The van der Waals surface area contributed by atoms with E-state index in [1.54, 1.807) is 0 Å². The summed E-state index contributed by atoms with van der Waals surface area (Å²) < 4.78 is 4.08. The van der Waals surface area contributed by atoms with Crippen molar-refractivity contribution >= 4 is 11.9 Å². The molecule has 1 unspecified atom stereocenters. The van der Waals surface area contributed by atoms with Gasteiger partial charge in [0.2, 0.25) is 6.29 Å². The van der Waals surface area contributed by atoms with Crippen molar-refractivity contribution < 1.29 is 29.6 Å². The van der Waals surface area contributed by atoms with E-state index < -0.39 is 31.3 Å². The first-order valence-corrected chi connectivity index (χ1v) is 2.73. The second kappa shape index (κ2) is 4.64. The molecule has 63 valence electrons. The Kier molecular flexibility index (Phi) is 4.16. The first-order valence-electron chi connectivity index (χ1n) is 2.73. The average Bonchev–Trinajstić information content (AvgIpc) is 1.82. The van der Waals surface area contributed by atoms with Crippen molar-refractivity contribution in [2.24, 2.45) is 0 Å². The van der Waals surface area contributed by atoms with Gasteiger partial charge < -0.3 is 14.9 Å². The lowest BCUT2D eigenvalue weighted by Gasteiger charge is -2.03. The van der Waals surface area contributed by atoms with E-state index in [2.05, 4.69) is 4.74 Å². The van der Waals surface area contributed by atoms with Crippen molar-refractivity contribution in [2.45, 2.75) is 12.7 Å². The molecule has 0 bridgehead atoms. The molecule has 0 aromatic heterocycles. The Morgan fingerprint density at radius 2 is 1.82 bits per heavy atom. The molecule has 0 aliphatic rings. The number of hydrogen-bond acceptors (Lipinski definition) is 3. The van der Waals surface area contributed by atoms with Crippen molar-refractivity contribution in [3.05, 3.63) is 0 Å². The third-order valence-corrected chi connectivity index (χ3v) is 0.734. The first kappa shape index (κ1) is 9.86. The number of ether oxygens (including phenoxy) is 1. The second-order valence-corrected chi connectivity index (χ2v) is 1.73. The van der Waals surface area contributed by atoms with E-state index in [0.717, 1.165) is 0 Å². The molecule has 0 amide bonds. The van der Waals surface area contributed by atoms with Crippen LogP contribution in [0.3, 0.4) is 0 Å². The molecule has 0 fully saturated rings. The van der Waals surface area contributed by atoms with Crippen LogP contribution in [0.5, 0.6) is 0 Å². The number of carboxylic acid groups (broad SMARTS) is 2. The van der Waals surface area contributed by atoms with E-state index >= 15 is 0 Å². The molecule has 1 radical (unpaired) electrons. The standard InChI is InChI=1S/C5H7O6/c6-3(7)1-5(10)11-2-4(8)9/h5H,1-2H2,(H,6,7)(H,8,9). The van der Waals surface area contributed by atoms with Crippen molar-refractivity contribution in [3.63, 3.8) is 0 Å². The van der Waals surface area contributed by atoms with E-state index in [4.69, 9.17) is 10.2 Å². The molecule has 0 saturated heterocycles. The third kappa shape index (κ3) is 6.75. The third-order valence-electron chi connectivity index (χ3n) is 0.734. The maximum atomic E-state index is 10.4. The number of rotatable bonds is 5. The summed E-state index contributed by atoms with van der Waals surface area (Å²) in [7, 11) is 0. The van der Waals surface area contributed by atoms with Gasteiger partial charge in [0.1, 0.15) is 6.61 Å². The molecule has 1 atom stereocenters. The van der Waals surface area contributed by atoms with Gasteiger partial charge in [0.15, 0.2) is 0 Å². The van der Waals surface area contributed by atoms with E-state index in [9.17, 15) is 14.7 Å². The zero-order valence-corrected chi connectivity index (χ0v) is 5.52. The molecule has 0 aromatic rings. The van der Waals surface area contributed by atoms with Crippen molar-refractivity contribution in [1.82, 2.24) is 0 Å². The van der Waals surface area contributed by atoms with Gasteiger partial charge in [-0.2, -0.15) is 0 Å². The summed E-state index contributed by atoms with van der Waals surface area (Å²) in [6, 6.07) is 0. The van der Waals surface area contributed by atoms with E-state index in [-0.39, 0.29) is 0 Å². The zero-order chi connectivity index (χ0) is 8.85. The largest absolute Gasteiger partial charge is 0.481 e. The number of carboxylic acids is 2. The quantitative estimate of drug-likeness (QED) is 0.522. The van der Waals surface area contributed by atoms with Gasteiger partial charge in [0.05, 0.1) is 6.42 Å². The van der Waals surface area contributed by atoms with Crippen molar-refractivity contribution in [2.75, 3.05) is 6.61 Å². The van der Waals surface area contributed by atoms with Gasteiger partial charge in [-0.3, -0.25) is 4.79 Å². The van der Waals surface area contributed by atoms with Gasteiger partial charge in [-0.25, -0.2) is 9.90 Å². The Morgan fingerprint density at radius 3 is 2.18 bits per heavy atom. The lowest BCUT2D eigenvalue weighted by molar-refractivity contribution is -0.177. The number of aliphatic carboxylic acids is 2. The van der Waals surface area contributed by atoms with Crippen LogP contribution in [-0.4, -0.2) is 35.0 Å². The molecule has 0 aromatic carbocycles. The Balaban J connectivity index is 3.44. The van der Waals surface area contributed by atoms with E-state index in [1.165, 1.54) is 0 Å². The van der Waals surface area contributed by atoms with Crippen LogP contribution < -0.4 is 0 Å². The molecule has 6 heteroatoms. The summed E-state index contributed by atoms with van der Waals surface area (Å²) in [4.78, 5) is 19.6. The molecule has 0 rings (SSSR count). The van der Waals surface area contributed by atoms with Gasteiger partial charge in [-0.15, -0.1) is 0 Å². The van der Waals surface area contributed by atoms with Gasteiger partial charge in [0.25, 0.3) is 0 Å². The highest BCUT2D eigenvalue weighted by Crippen LogP contribution is 1.93. The Morgan fingerprint density at radius 1 is 1.27 bits per heavy atom. The van der Waals surface area contributed by atoms with Gasteiger partial charge >= 0.3 is 11.9 Å². The van der Waals surface area contributed by atoms with Crippen LogP contribution >= 0.6 is 0 Å². The van der Waals surface area contributed by atoms with Crippen LogP contribution in [0.15, 0.2) is 0 Å². The molecular weight excluding hydrogens is 156 g/mol. The monoisotopic (exact) mass is 163 g/mol. The van der Waals surface area contributed by atoms with Crippen LogP contribution in [0.2, 0.25) is 0 Å². The number of carbonyl (C=O) groups is 2. The first-order chi connectivity index (χ1) is 5.02. The normalized spacial score (nSPS) is 12.5. The zero-order valence-electron chi connectivity index (χ0n) is 5.52. The molecule has 0 saturated carbocycles. The van der Waals surface area contributed by atoms with Crippen molar-refractivity contribution in [1.29, 1.82) is 0 Å². The van der Waals surface area contributed by atoms with Gasteiger partial charge in [-0.1, -0.05) is 0 Å². The molecular formula is C5H7O6. The Bertz CT molecular complexity index is 153. The maximum Gasteiger partial charge on any atom is 0.329 e. The fourth-order valence-electron chi connectivity index (χ4n) is 0.366. The highest BCUT2D eigenvalue weighted by atomic mass is 16.6. The molecule has 0 aliphatic heterocycles. The van der Waals surface area contributed by atoms with Crippen LogP contribution in [-0.2, 0) is 19.4 Å². The SMILES string of the molecule is [O]C(CC(=O)O)OCC(=O)O. The van der Waals surface area contributed by atoms with E-state index in [1.807, 2.05) is 0 Å². The smallest absolute Gasteiger partial charge is 0.329 e. The van der Waals surface area contributed by atoms with Crippen LogP contribution in [0.4, 0.5) is 0 Å². The Labute approximate surface area is 62.0 Å².